The Morgan fingerprint density at radius 1 is 1.15 bits per heavy atom. The summed E-state index contributed by atoms with van der Waals surface area (Å²) in [7, 11) is 0. The highest BCUT2D eigenvalue weighted by Crippen LogP contribution is 2.37. The van der Waals surface area contributed by atoms with Gasteiger partial charge in [-0.3, -0.25) is 9.78 Å². The minimum atomic E-state index is -0.304. The lowest BCUT2D eigenvalue weighted by molar-refractivity contribution is -0.118. The van der Waals surface area contributed by atoms with Gasteiger partial charge in [-0.1, -0.05) is 41.9 Å². The van der Waals surface area contributed by atoms with Gasteiger partial charge in [0, 0.05) is 22.3 Å². The molecule has 1 atom stereocenters. The number of fused-ring (bicyclic) bond motifs is 1. The van der Waals surface area contributed by atoms with Crippen molar-refractivity contribution in [2.45, 2.75) is 12.3 Å². The number of ether oxygens (including phenoxy) is 1. The summed E-state index contributed by atoms with van der Waals surface area (Å²) in [6.45, 7) is 0.505. The van der Waals surface area contributed by atoms with E-state index in [0.717, 1.165) is 22.4 Å². The van der Waals surface area contributed by atoms with Crippen LogP contribution in [0.15, 0.2) is 67.0 Å². The Balaban J connectivity index is 1.64. The molecule has 0 spiro atoms. The fourth-order valence-corrected chi connectivity index (χ4v) is 3.40. The van der Waals surface area contributed by atoms with Crippen molar-refractivity contribution < 1.29 is 9.53 Å². The van der Waals surface area contributed by atoms with Crippen LogP contribution < -0.4 is 10.1 Å². The predicted molar refractivity (Wildman–Crippen MR) is 103 cm³/mol. The summed E-state index contributed by atoms with van der Waals surface area (Å²) in [5.74, 6) is 0.332. The Hall–Kier alpha value is -2.85. The van der Waals surface area contributed by atoms with Crippen molar-refractivity contribution in [1.82, 2.24) is 4.98 Å². The highest BCUT2D eigenvalue weighted by molar-refractivity contribution is 6.30. The van der Waals surface area contributed by atoms with E-state index in [-0.39, 0.29) is 11.8 Å². The van der Waals surface area contributed by atoms with Crippen LogP contribution in [0, 0.1) is 0 Å². The molecular weight excluding hydrogens is 348 g/mol. The summed E-state index contributed by atoms with van der Waals surface area (Å²) in [5, 5.41) is 3.63. The van der Waals surface area contributed by atoms with Crippen molar-refractivity contribution in [2.75, 3.05) is 11.9 Å². The number of carbonyl (C=O) groups excluding carboxylic acids is 1. The van der Waals surface area contributed by atoms with Crippen LogP contribution in [0.1, 0.15) is 17.9 Å². The van der Waals surface area contributed by atoms with Crippen LogP contribution >= 0.6 is 11.6 Å². The van der Waals surface area contributed by atoms with Gasteiger partial charge in [0.25, 0.3) is 0 Å². The molecular formula is C21H17ClN2O2. The lowest BCUT2D eigenvalue weighted by atomic mass is 9.92. The van der Waals surface area contributed by atoms with Crippen molar-refractivity contribution in [3.63, 3.8) is 0 Å². The predicted octanol–water partition coefficient (Wildman–Crippen LogP) is 4.91. The molecule has 5 heteroatoms. The van der Waals surface area contributed by atoms with Gasteiger partial charge < -0.3 is 10.1 Å². The quantitative estimate of drug-likeness (QED) is 0.718. The summed E-state index contributed by atoms with van der Waals surface area (Å²) in [4.78, 5) is 17.2. The Morgan fingerprint density at radius 3 is 2.85 bits per heavy atom. The molecule has 3 aromatic rings. The second-order valence-electron chi connectivity index (χ2n) is 6.15. The third-order valence-electron chi connectivity index (χ3n) is 4.49. The first kappa shape index (κ1) is 16.6. The molecule has 1 aliphatic heterocycles. The Morgan fingerprint density at radius 2 is 2.00 bits per heavy atom. The average molecular weight is 365 g/mol. The molecule has 1 unspecified atom stereocenters. The SMILES string of the molecule is O=C(Nc1cnccc1-c1ccccc1)C1CCOc2ccc(Cl)cc21. The van der Waals surface area contributed by atoms with Crippen molar-refractivity contribution in [1.29, 1.82) is 0 Å². The number of amides is 1. The molecule has 4 nitrogen and oxygen atoms in total. The third-order valence-corrected chi connectivity index (χ3v) is 4.73. The number of nitrogens with one attached hydrogen (secondary N) is 1. The molecule has 0 fully saturated rings. The van der Waals surface area contributed by atoms with Crippen molar-refractivity contribution >= 4 is 23.2 Å². The molecule has 2 aromatic carbocycles. The van der Waals surface area contributed by atoms with Gasteiger partial charge >= 0.3 is 0 Å². The Kier molecular flexibility index (Phi) is 4.59. The fourth-order valence-electron chi connectivity index (χ4n) is 3.22. The molecule has 0 saturated carbocycles. The molecule has 0 bridgehead atoms. The number of benzene rings is 2. The first-order valence-electron chi connectivity index (χ1n) is 8.45. The molecule has 1 N–H and O–H groups in total. The lowest BCUT2D eigenvalue weighted by Crippen LogP contribution is -2.26. The first-order valence-corrected chi connectivity index (χ1v) is 8.83. The average Bonchev–Trinajstić information content (AvgIpc) is 2.68. The topological polar surface area (TPSA) is 51.2 Å². The van der Waals surface area contributed by atoms with Gasteiger partial charge in [0.05, 0.1) is 24.4 Å². The summed E-state index contributed by atoms with van der Waals surface area (Å²) >= 11 is 6.11. The maximum absolute atomic E-state index is 13.0. The molecule has 1 aliphatic rings. The fraction of sp³-hybridized carbons (Fsp3) is 0.143. The Labute approximate surface area is 156 Å². The van der Waals surface area contributed by atoms with E-state index in [4.69, 9.17) is 16.3 Å². The van der Waals surface area contributed by atoms with E-state index in [2.05, 4.69) is 10.3 Å². The third kappa shape index (κ3) is 3.28. The van der Waals surface area contributed by atoms with Crippen LogP contribution in [-0.2, 0) is 4.79 Å². The van der Waals surface area contributed by atoms with E-state index < -0.39 is 0 Å². The van der Waals surface area contributed by atoms with Crippen molar-refractivity contribution in [3.8, 4) is 16.9 Å². The molecule has 130 valence electrons. The molecule has 1 aromatic heterocycles. The minimum Gasteiger partial charge on any atom is -0.493 e. The number of anilines is 1. The van der Waals surface area contributed by atoms with Gasteiger partial charge in [0.2, 0.25) is 5.91 Å². The van der Waals surface area contributed by atoms with E-state index in [1.807, 2.05) is 48.5 Å². The van der Waals surface area contributed by atoms with Crippen LogP contribution in [0.5, 0.6) is 5.75 Å². The zero-order valence-electron chi connectivity index (χ0n) is 14.0. The standard InChI is InChI=1S/C21H17ClN2O2/c22-15-6-7-20-18(12-15)17(9-11-26-20)21(25)24-19-13-23-10-8-16(19)14-4-2-1-3-5-14/h1-8,10,12-13,17H,9,11H2,(H,24,25). The van der Waals surface area contributed by atoms with Crippen molar-refractivity contribution in [3.05, 3.63) is 77.6 Å². The van der Waals surface area contributed by atoms with E-state index in [0.29, 0.717) is 23.7 Å². The minimum absolute atomic E-state index is 0.0815. The van der Waals surface area contributed by atoms with E-state index in [9.17, 15) is 4.79 Å². The number of halogens is 1. The maximum Gasteiger partial charge on any atom is 0.232 e. The van der Waals surface area contributed by atoms with E-state index >= 15 is 0 Å². The van der Waals surface area contributed by atoms with Gasteiger partial charge in [-0.25, -0.2) is 0 Å². The van der Waals surface area contributed by atoms with Crippen LogP contribution in [0.2, 0.25) is 5.02 Å². The molecule has 26 heavy (non-hydrogen) atoms. The smallest absolute Gasteiger partial charge is 0.232 e. The van der Waals surface area contributed by atoms with Crippen LogP contribution in [0.4, 0.5) is 5.69 Å². The second kappa shape index (κ2) is 7.18. The number of pyridine rings is 1. The van der Waals surface area contributed by atoms with Crippen LogP contribution in [0.25, 0.3) is 11.1 Å². The largest absolute Gasteiger partial charge is 0.493 e. The zero-order valence-corrected chi connectivity index (χ0v) is 14.7. The number of hydrogen-bond donors (Lipinski definition) is 1. The number of hydrogen-bond acceptors (Lipinski definition) is 3. The Bertz CT molecular complexity index is 944. The van der Waals surface area contributed by atoms with Gasteiger partial charge in [-0.2, -0.15) is 0 Å². The summed E-state index contributed by atoms with van der Waals surface area (Å²) in [6.07, 6.45) is 4.01. The molecule has 1 amide bonds. The number of carbonyl (C=O) groups is 1. The van der Waals surface area contributed by atoms with Crippen LogP contribution in [0.3, 0.4) is 0 Å². The normalized spacial score (nSPS) is 15.7. The molecule has 2 heterocycles. The molecule has 0 radical (unpaired) electrons. The summed E-state index contributed by atoms with van der Waals surface area (Å²) < 4.78 is 5.65. The van der Waals surface area contributed by atoms with Gasteiger partial charge in [-0.05, 0) is 36.2 Å². The number of nitrogens with zero attached hydrogens (tertiary/aromatic N) is 1. The summed E-state index contributed by atoms with van der Waals surface area (Å²) in [5.41, 5.74) is 3.48. The first-order chi connectivity index (χ1) is 12.7. The molecule has 4 rings (SSSR count). The van der Waals surface area contributed by atoms with Gasteiger partial charge in [-0.15, -0.1) is 0 Å². The maximum atomic E-state index is 13.0. The molecule has 0 saturated heterocycles. The number of rotatable bonds is 3. The molecule has 0 aliphatic carbocycles. The van der Waals surface area contributed by atoms with Gasteiger partial charge in [0.1, 0.15) is 5.75 Å². The van der Waals surface area contributed by atoms with E-state index in [1.165, 1.54) is 0 Å². The second-order valence-corrected chi connectivity index (χ2v) is 6.58. The monoisotopic (exact) mass is 364 g/mol. The lowest BCUT2D eigenvalue weighted by Gasteiger charge is -2.25. The zero-order chi connectivity index (χ0) is 17.9. The number of aromatic nitrogens is 1. The summed E-state index contributed by atoms with van der Waals surface area (Å²) in [6, 6.07) is 17.2. The van der Waals surface area contributed by atoms with E-state index in [1.54, 1.807) is 18.5 Å². The highest BCUT2D eigenvalue weighted by Gasteiger charge is 2.28. The highest BCUT2D eigenvalue weighted by atomic mass is 35.5. The van der Waals surface area contributed by atoms with Crippen LogP contribution in [-0.4, -0.2) is 17.5 Å². The van der Waals surface area contributed by atoms with Crippen molar-refractivity contribution in [2.24, 2.45) is 0 Å². The van der Waals surface area contributed by atoms with Gasteiger partial charge in [0.15, 0.2) is 0 Å².